The van der Waals surface area contributed by atoms with Gasteiger partial charge in [-0.25, -0.2) is 0 Å². The summed E-state index contributed by atoms with van der Waals surface area (Å²) in [7, 11) is 0. The summed E-state index contributed by atoms with van der Waals surface area (Å²) in [5.41, 5.74) is 0. The molecule has 2 heteroatoms. The predicted octanol–water partition coefficient (Wildman–Crippen LogP) is 3.75. The third-order valence-electron chi connectivity index (χ3n) is 1.81. The smallest absolute Gasteiger partial charge is 0.131 e. The average molecular weight is 223 g/mol. The monoisotopic (exact) mass is 222 g/mol. The molecular weight excluding hydrogens is 208 g/mol. The SMILES string of the molecule is C/C=C/C=C/C=C/C=C1\C=CC(CCl)O1. The first-order valence-electron chi connectivity index (χ1n) is 4.94. The molecule has 0 N–H and O–H groups in total. The standard InChI is InChI=1S/C13H15ClO/c1-2-3-4-5-6-7-8-12-9-10-13(11-14)15-12/h2-10,13H,11H2,1H3/b3-2+,5-4+,7-6+,12-8+. The minimum absolute atomic E-state index is 0.0323. The summed E-state index contributed by atoms with van der Waals surface area (Å²) in [6.07, 6.45) is 17.7. The summed E-state index contributed by atoms with van der Waals surface area (Å²) in [6.45, 7) is 1.99. The maximum atomic E-state index is 5.65. The van der Waals surface area contributed by atoms with Crippen molar-refractivity contribution in [2.75, 3.05) is 5.88 Å². The molecule has 0 amide bonds. The fraction of sp³-hybridized carbons (Fsp3) is 0.231. The highest BCUT2D eigenvalue weighted by Gasteiger charge is 2.10. The Kier molecular flexibility index (Phi) is 5.64. The van der Waals surface area contributed by atoms with Crippen LogP contribution in [0.15, 0.2) is 60.4 Å². The fourth-order valence-electron chi connectivity index (χ4n) is 1.09. The van der Waals surface area contributed by atoms with Gasteiger partial charge in [0.2, 0.25) is 0 Å². The van der Waals surface area contributed by atoms with Crippen molar-refractivity contribution in [3.8, 4) is 0 Å². The van der Waals surface area contributed by atoms with Gasteiger partial charge in [0.1, 0.15) is 11.9 Å². The molecule has 1 atom stereocenters. The molecule has 80 valence electrons. The average Bonchev–Trinajstić information content (AvgIpc) is 2.71. The van der Waals surface area contributed by atoms with E-state index in [4.69, 9.17) is 16.3 Å². The summed E-state index contributed by atoms with van der Waals surface area (Å²) in [5, 5.41) is 0. The van der Waals surface area contributed by atoms with E-state index in [1.807, 2.05) is 61.6 Å². The lowest BCUT2D eigenvalue weighted by atomic mass is 10.3. The second-order valence-electron chi connectivity index (χ2n) is 3.03. The van der Waals surface area contributed by atoms with E-state index < -0.39 is 0 Å². The molecular formula is C13H15ClO. The molecule has 0 saturated carbocycles. The Labute approximate surface area is 96.1 Å². The van der Waals surface area contributed by atoms with Crippen LogP contribution in [0.5, 0.6) is 0 Å². The molecule has 15 heavy (non-hydrogen) atoms. The van der Waals surface area contributed by atoms with Crippen molar-refractivity contribution in [1.29, 1.82) is 0 Å². The molecule has 1 aliphatic heterocycles. The van der Waals surface area contributed by atoms with E-state index in [1.54, 1.807) is 0 Å². The second-order valence-corrected chi connectivity index (χ2v) is 3.34. The number of allylic oxidation sites excluding steroid dienone is 8. The maximum absolute atomic E-state index is 5.65. The van der Waals surface area contributed by atoms with Crippen LogP contribution in [-0.4, -0.2) is 12.0 Å². The zero-order valence-electron chi connectivity index (χ0n) is 8.77. The van der Waals surface area contributed by atoms with Gasteiger partial charge in [-0.1, -0.05) is 36.5 Å². The van der Waals surface area contributed by atoms with Gasteiger partial charge in [-0.2, -0.15) is 0 Å². The van der Waals surface area contributed by atoms with E-state index in [-0.39, 0.29) is 6.10 Å². The van der Waals surface area contributed by atoms with Crippen molar-refractivity contribution in [3.63, 3.8) is 0 Å². The number of hydrogen-bond acceptors (Lipinski definition) is 1. The van der Waals surface area contributed by atoms with Crippen molar-refractivity contribution >= 4 is 11.6 Å². The van der Waals surface area contributed by atoms with Crippen molar-refractivity contribution in [1.82, 2.24) is 0 Å². The topological polar surface area (TPSA) is 9.23 Å². The molecule has 1 nitrogen and oxygen atoms in total. The second kappa shape index (κ2) is 7.13. The summed E-state index contributed by atoms with van der Waals surface area (Å²) >= 11 is 5.65. The third-order valence-corrected chi connectivity index (χ3v) is 2.12. The van der Waals surface area contributed by atoms with Crippen LogP contribution in [-0.2, 0) is 4.74 Å². The lowest BCUT2D eigenvalue weighted by molar-refractivity contribution is 0.201. The van der Waals surface area contributed by atoms with Crippen LogP contribution in [0, 0.1) is 0 Å². The minimum Gasteiger partial charge on any atom is -0.485 e. The molecule has 0 aromatic carbocycles. The summed E-state index contributed by atoms with van der Waals surface area (Å²) in [5.74, 6) is 1.36. The normalized spacial score (nSPS) is 23.9. The van der Waals surface area contributed by atoms with Gasteiger partial charge in [0.25, 0.3) is 0 Å². The molecule has 0 aromatic heterocycles. The van der Waals surface area contributed by atoms with Crippen LogP contribution >= 0.6 is 11.6 Å². The van der Waals surface area contributed by atoms with E-state index in [2.05, 4.69) is 0 Å². The van der Waals surface area contributed by atoms with Gasteiger partial charge >= 0.3 is 0 Å². The molecule has 1 unspecified atom stereocenters. The molecule has 0 spiro atoms. The van der Waals surface area contributed by atoms with Crippen molar-refractivity contribution in [2.24, 2.45) is 0 Å². The van der Waals surface area contributed by atoms with Gasteiger partial charge in [-0.05, 0) is 25.2 Å². The molecule has 1 aliphatic rings. The first kappa shape index (κ1) is 11.9. The van der Waals surface area contributed by atoms with E-state index >= 15 is 0 Å². The van der Waals surface area contributed by atoms with Crippen LogP contribution in [0.3, 0.4) is 0 Å². The van der Waals surface area contributed by atoms with Crippen LogP contribution < -0.4 is 0 Å². The van der Waals surface area contributed by atoms with Crippen molar-refractivity contribution in [2.45, 2.75) is 13.0 Å². The van der Waals surface area contributed by atoms with Gasteiger partial charge in [-0.3, -0.25) is 0 Å². The molecule has 0 bridgehead atoms. The van der Waals surface area contributed by atoms with Gasteiger partial charge in [-0.15, -0.1) is 11.6 Å². The first-order valence-corrected chi connectivity index (χ1v) is 5.47. The van der Waals surface area contributed by atoms with Crippen molar-refractivity contribution in [3.05, 3.63) is 60.4 Å². The van der Waals surface area contributed by atoms with E-state index in [9.17, 15) is 0 Å². The van der Waals surface area contributed by atoms with Gasteiger partial charge < -0.3 is 4.74 Å². The van der Waals surface area contributed by atoms with E-state index in [0.29, 0.717) is 5.88 Å². The highest BCUT2D eigenvalue weighted by molar-refractivity contribution is 6.18. The van der Waals surface area contributed by atoms with Crippen LogP contribution in [0.4, 0.5) is 0 Å². The molecule has 0 saturated heterocycles. The Morgan fingerprint density at radius 1 is 1.27 bits per heavy atom. The van der Waals surface area contributed by atoms with Gasteiger partial charge in [0, 0.05) is 0 Å². The van der Waals surface area contributed by atoms with Crippen LogP contribution in [0.1, 0.15) is 6.92 Å². The molecule has 0 aromatic rings. The first-order chi connectivity index (χ1) is 7.36. The van der Waals surface area contributed by atoms with Crippen molar-refractivity contribution < 1.29 is 4.74 Å². The number of ether oxygens (including phenoxy) is 1. The Morgan fingerprint density at radius 3 is 2.67 bits per heavy atom. The number of halogens is 1. The van der Waals surface area contributed by atoms with Crippen LogP contribution in [0.2, 0.25) is 0 Å². The largest absolute Gasteiger partial charge is 0.485 e. The zero-order valence-corrected chi connectivity index (χ0v) is 9.52. The number of hydrogen-bond donors (Lipinski definition) is 0. The number of alkyl halides is 1. The maximum Gasteiger partial charge on any atom is 0.131 e. The van der Waals surface area contributed by atoms with Crippen LogP contribution in [0.25, 0.3) is 0 Å². The lowest BCUT2D eigenvalue weighted by Gasteiger charge is -2.04. The Bertz CT molecular complexity index is 321. The third kappa shape index (κ3) is 4.71. The molecule has 0 fully saturated rings. The van der Waals surface area contributed by atoms with E-state index in [1.165, 1.54) is 0 Å². The summed E-state index contributed by atoms with van der Waals surface area (Å²) < 4.78 is 5.47. The minimum atomic E-state index is 0.0323. The lowest BCUT2D eigenvalue weighted by Crippen LogP contribution is -2.04. The highest BCUT2D eigenvalue weighted by atomic mass is 35.5. The molecule has 1 heterocycles. The van der Waals surface area contributed by atoms with E-state index in [0.717, 1.165) is 5.76 Å². The van der Waals surface area contributed by atoms with Gasteiger partial charge in [0.15, 0.2) is 0 Å². The fourth-order valence-corrected chi connectivity index (χ4v) is 1.25. The molecule has 0 radical (unpaired) electrons. The molecule has 0 aliphatic carbocycles. The summed E-state index contributed by atoms with van der Waals surface area (Å²) in [4.78, 5) is 0. The Balaban J connectivity index is 2.36. The van der Waals surface area contributed by atoms with Gasteiger partial charge in [0.05, 0.1) is 5.88 Å². The zero-order chi connectivity index (χ0) is 10.9. The Hall–Kier alpha value is -1.21. The Morgan fingerprint density at radius 2 is 2.00 bits per heavy atom. The molecule has 1 rings (SSSR count). The number of rotatable bonds is 4. The highest BCUT2D eigenvalue weighted by Crippen LogP contribution is 2.15. The quantitative estimate of drug-likeness (QED) is 0.520. The predicted molar refractivity (Wildman–Crippen MR) is 65.9 cm³/mol. The summed E-state index contributed by atoms with van der Waals surface area (Å²) in [6, 6.07) is 0.